The maximum absolute atomic E-state index is 9.85. The van der Waals surface area contributed by atoms with E-state index in [-0.39, 0.29) is 11.5 Å². The van der Waals surface area contributed by atoms with Crippen LogP contribution in [0.1, 0.15) is 20.3 Å². The molecule has 0 bridgehead atoms. The van der Waals surface area contributed by atoms with Crippen LogP contribution in [0, 0.1) is 0 Å². The van der Waals surface area contributed by atoms with Gasteiger partial charge in [-0.2, -0.15) is 0 Å². The van der Waals surface area contributed by atoms with E-state index in [1.165, 1.54) is 0 Å². The molecule has 0 fully saturated rings. The number of hydrazine groups is 1. The molecule has 62 valence electrons. The molecule has 0 aliphatic heterocycles. The van der Waals surface area contributed by atoms with E-state index in [2.05, 4.69) is 10.9 Å². The fourth-order valence-corrected chi connectivity index (χ4v) is 0.287. The Labute approximate surface area is 59.7 Å². The van der Waals surface area contributed by atoms with E-state index in [0.717, 1.165) is 6.42 Å². The second-order valence-corrected chi connectivity index (χ2v) is 1.88. The van der Waals surface area contributed by atoms with Gasteiger partial charge in [-0.25, -0.2) is 10.2 Å². The van der Waals surface area contributed by atoms with E-state index < -0.39 is 6.09 Å². The Morgan fingerprint density at radius 1 is 1.70 bits per heavy atom. The van der Waals surface area contributed by atoms with Crippen molar-refractivity contribution in [3.63, 3.8) is 0 Å². The lowest BCUT2D eigenvalue weighted by Gasteiger charge is -2.08. The highest BCUT2D eigenvalue weighted by Gasteiger charge is 1.97. The molecule has 0 aliphatic rings. The first-order chi connectivity index (χ1) is 4.16. The molecule has 5 heteroatoms. The van der Waals surface area contributed by atoms with Crippen LogP contribution in [0.15, 0.2) is 0 Å². The molecule has 0 aromatic carbocycles. The molecule has 0 aromatic rings. The van der Waals surface area contributed by atoms with Crippen LogP contribution in [0.3, 0.4) is 0 Å². The lowest BCUT2D eigenvalue weighted by atomic mass is 10.3. The van der Waals surface area contributed by atoms with Gasteiger partial charge in [0.25, 0.3) is 0 Å². The van der Waals surface area contributed by atoms with Crippen molar-refractivity contribution in [3.05, 3.63) is 0 Å². The predicted molar refractivity (Wildman–Crippen MR) is 37.7 cm³/mol. The van der Waals surface area contributed by atoms with Gasteiger partial charge in [-0.1, -0.05) is 6.92 Å². The summed E-state index contributed by atoms with van der Waals surface area (Å²) in [6.45, 7) is 3.87. The summed E-state index contributed by atoms with van der Waals surface area (Å²) < 4.78 is 0. The Balaban J connectivity index is 0. The minimum atomic E-state index is -1.05. The van der Waals surface area contributed by atoms with Crippen LogP contribution in [-0.4, -0.2) is 22.7 Å². The zero-order chi connectivity index (χ0) is 7.28. The minimum absolute atomic E-state index is 0. The van der Waals surface area contributed by atoms with E-state index >= 15 is 0 Å². The van der Waals surface area contributed by atoms with Gasteiger partial charge in [-0.3, -0.25) is 5.43 Å². The molecule has 0 aromatic heterocycles. The summed E-state index contributed by atoms with van der Waals surface area (Å²) in [6, 6.07) is 0.195. The zero-order valence-corrected chi connectivity index (χ0v) is 6.14. The molecule has 0 aliphatic carbocycles. The van der Waals surface area contributed by atoms with Gasteiger partial charge in [0.2, 0.25) is 0 Å². The predicted octanol–water partition coefficient (Wildman–Crippen LogP) is -0.268. The molecular weight excluding hydrogens is 136 g/mol. The standard InChI is InChI=1S/C5H12N2O2.H2O/c1-3-4(2)6-7-5(8)9;/h4,6-7H,3H2,1-2H3,(H,8,9);1H2. The molecule has 0 spiro atoms. The maximum atomic E-state index is 9.85. The van der Waals surface area contributed by atoms with Crippen molar-refractivity contribution in [2.75, 3.05) is 0 Å². The molecule has 0 rings (SSSR count). The fourth-order valence-electron chi connectivity index (χ4n) is 0.287. The Bertz CT molecular complexity index is 96.9. The van der Waals surface area contributed by atoms with Crippen LogP contribution in [0.4, 0.5) is 4.79 Å². The van der Waals surface area contributed by atoms with E-state index in [9.17, 15) is 4.79 Å². The molecule has 1 atom stereocenters. The van der Waals surface area contributed by atoms with Crippen LogP contribution >= 0.6 is 0 Å². The van der Waals surface area contributed by atoms with Gasteiger partial charge in [0.05, 0.1) is 0 Å². The lowest BCUT2D eigenvalue weighted by molar-refractivity contribution is 0.186. The quantitative estimate of drug-likeness (QED) is 0.483. The highest BCUT2D eigenvalue weighted by atomic mass is 16.4. The smallest absolute Gasteiger partial charge is 0.419 e. The van der Waals surface area contributed by atoms with Gasteiger partial charge in [0.15, 0.2) is 0 Å². The third-order valence-corrected chi connectivity index (χ3v) is 1.04. The number of rotatable bonds is 3. The number of hydrogen-bond acceptors (Lipinski definition) is 2. The second kappa shape index (κ2) is 6.31. The van der Waals surface area contributed by atoms with E-state index in [1.54, 1.807) is 0 Å². The Morgan fingerprint density at radius 3 is 2.50 bits per heavy atom. The van der Waals surface area contributed by atoms with Crippen molar-refractivity contribution < 1.29 is 15.4 Å². The van der Waals surface area contributed by atoms with Crippen molar-refractivity contribution in [2.45, 2.75) is 26.3 Å². The Hall–Kier alpha value is -0.810. The molecule has 1 amide bonds. The van der Waals surface area contributed by atoms with Gasteiger partial charge < -0.3 is 10.6 Å². The molecule has 5 nitrogen and oxygen atoms in total. The maximum Gasteiger partial charge on any atom is 0.419 e. The van der Waals surface area contributed by atoms with Crippen molar-refractivity contribution >= 4 is 6.09 Å². The number of carbonyl (C=O) groups is 1. The van der Waals surface area contributed by atoms with Crippen LogP contribution < -0.4 is 10.9 Å². The van der Waals surface area contributed by atoms with Gasteiger partial charge in [0.1, 0.15) is 0 Å². The molecular formula is C5H14N2O3. The van der Waals surface area contributed by atoms with Crippen molar-refractivity contribution in [3.8, 4) is 0 Å². The van der Waals surface area contributed by atoms with Crippen LogP contribution in [-0.2, 0) is 0 Å². The van der Waals surface area contributed by atoms with Crippen molar-refractivity contribution in [1.29, 1.82) is 0 Å². The summed E-state index contributed by atoms with van der Waals surface area (Å²) in [5.41, 5.74) is 4.64. The highest BCUT2D eigenvalue weighted by Crippen LogP contribution is 1.83. The SMILES string of the molecule is CCC(C)NNC(=O)O.O. The molecule has 0 saturated carbocycles. The van der Waals surface area contributed by atoms with Crippen LogP contribution in [0.25, 0.3) is 0 Å². The molecule has 0 saturated heterocycles. The molecule has 5 N–H and O–H groups in total. The van der Waals surface area contributed by atoms with E-state index in [0.29, 0.717) is 0 Å². The highest BCUT2D eigenvalue weighted by molar-refractivity contribution is 5.63. The average molecular weight is 150 g/mol. The van der Waals surface area contributed by atoms with Crippen LogP contribution in [0.5, 0.6) is 0 Å². The molecule has 1 unspecified atom stereocenters. The first-order valence-corrected chi connectivity index (χ1v) is 2.91. The lowest BCUT2D eigenvalue weighted by Crippen LogP contribution is -2.41. The molecule has 0 radical (unpaired) electrons. The van der Waals surface area contributed by atoms with Crippen molar-refractivity contribution in [2.24, 2.45) is 0 Å². The van der Waals surface area contributed by atoms with E-state index in [4.69, 9.17) is 5.11 Å². The van der Waals surface area contributed by atoms with Gasteiger partial charge in [0, 0.05) is 6.04 Å². The monoisotopic (exact) mass is 150 g/mol. The normalized spacial score (nSPS) is 11.4. The van der Waals surface area contributed by atoms with E-state index in [1.807, 2.05) is 13.8 Å². The van der Waals surface area contributed by atoms with Gasteiger partial charge >= 0.3 is 6.09 Å². The molecule has 0 heterocycles. The fraction of sp³-hybridized carbons (Fsp3) is 0.800. The minimum Gasteiger partial charge on any atom is -0.464 e. The number of hydrogen-bond donors (Lipinski definition) is 3. The first kappa shape index (κ1) is 11.9. The summed E-state index contributed by atoms with van der Waals surface area (Å²) in [6.07, 6.45) is -0.143. The van der Waals surface area contributed by atoms with Crippen LogP contribution in [0.2, 0.25) is 0 Å². The topological polar surface area (TPSA) is 92.9 Å². The Morgan fingerprint density at radius 2 is 2.20 bits per heavy atom. The largest absolute Gasteiger partial charge is 0.464 e. The number of nitrogens with one attached hydrogen (secondary N) is 2. The zero-order valence-electron chi connectivity index (χ0n) is 6.14. The third-order valence-electron chi connectivity index (χ3n) is 1.04. The average Bonchev–Trinajstić information content (AvgIpc) is 1.83. The molecule has 10 heavy (non-hydrogen) atoms. The summed E-state index contributed by atoms with van der Waals surface area (Å²) in [5, 5.41) is 8.08. The van der Waals surface area contributed by atoms with Gasteiger partial charge in [-0.15, -0.1) is 0 Å². The first-order valence-electron chi connectivity index (χ1n) is 2.91. The van der Waals surface area contributed by atoms with Gasteiger partial charge in [-0.05, 0) is 13.3 Å². The van der Waals surface area contributed by atoms with Crippen molar-refractivity contribution in [1.82, 2.24) is 10.9 Å². The second-order valence-electron chi connectivity index (χ2n) is 1.88. The summed E-state index contributed by atoms with van der Waals surface area (Å²) in [5.74, 6) is 0. The summed E-state index contributed by atoms with van der Waals surface area (Å²) in [4.78, 5) is 9.85. The summed E-state index contributed by atoms with van der Waals surface area (Å²) >= 11 is 0. The Kier molecular flexibility index (Phi) is 7.53. The number of carboxylic acid groups (broad SMARTS) is 1. The summed E-state index contributed by atoms with van der Waals surface area (Å²) in [7, 11) is 0. The third kappa shape index (κ3) is 7.19. The number of amides is 1.